The summed E-state index contributed by atoms with van der Waals surface area (Å²) >= 11 is 0. The summed E-state index contributed by atoms with van der Waals surface area (Å²) in [6.45, 7) is 10.9. The van der Waals surface area contributed by atoms with Crippen molar-refractivity contribution in [2.24, 2.45) is 5.92 Å². The molecule has 1 aliphatic rings. The molecule has 8 heteroatoms. The van der Waals surface area contributed by atoms with E-state index in [0.717, 1.165) is 23.2 Å². The Morgan fingerprint density at radius 2 is 1.58 bits per heavy atom. The summed E-state index contributed by atoms with van der Waals surface area (Å²) in [7, 11) is 0. The van der Waals surface area contributed by atoms with E-state index in [2.05, 4.69) is 19.2 Å². The van der Waals surface area contributed by atoms with Crippen LogP contribution >= 0.6 is 0 Å². The standard InChI is InChI=1S/C28H37N3O5/c1-20(2)12-17-35-24-10-8-23(9-11-24)28(34)36-19-26(33)31-15-13-30(14-16-31)18-25(32)29-27-21(3)6-5-7-22(27)4/h5-11,20H,12-19H2,1-4H3,(H,29,32). The Morgan fingerprint density at radius 3 is 2.19 bits per heavy atom. The molecule has 8 nitrogen and oxygen atoms in total. The van der Waals surface area contributed by atoms with E-state index in [9.17, 15) is 14.4 Å². The van der Waals surface area contributed by atoms with Gasteiger partial charge in [-0.3, -0.25) is 14.5 Å². The average molecular weight is 496 g/mol. The number of nitrogens with one attached hydrogen (secondary N) is 1. The molecule has 0 bridgehead atoms. The Bertz CT molecular complexity index is 1020. The number of ether oxygens (including phenoxy) is 2. The molecule has 0 atom stereocenters. The van der Waals surface area contributed by atoms with Crippen LogP contribution in [-0.2, 0) is 14.3 Å². The van der Waals surface area contributed by atoms with Crippen molar-refractivity contribution in [1.29, 1.82) is 0 Å². The first kappa shape index (κ1) is 27.2. The minimum absolute atomic E-state index is 0.0718. The number of hydrogen-bond acceptors (Lipinski definition) is 6. The zero-order valence-electron chi connectivity index (χ0n) is 21.7. The number of piperazine rings is 1. The molecule has 2 aromatic rings. The van der Waals surface area contributed by atoms with E-state index in [1.165, 1.54) is 0 Å². The predicted molar refractivity (Wildman–Crippen MR) is 139 cm³/mol. The summed E-state index contributed by atoms with van der Waals surface area (Å²) in [6, 6.07) is 12.6. The fourth-order valence-corrected chi connectivity index (χ4v) is 3.95. The van der Waals surface area contributed by atoms with Crippen molar-refractivity contribution >= 4 is 23.5 Å². The molecule has 0 saturated carbocycles. The van der Waals surface area contributed by atoms with Gasteiger partial charge < -0.3 is 19.7 Å². The molecule has 1 N–H and O–H groups in total. The SMILES string of the molecule is Cc1cccc(C)c1NC(=O)CN1CCN(C(=O)COC(=O)c2ccc(OCCC(C)C)cc2)CC1. The lowest BCUT2D eigenvalue weighted by Crippen LogP contribution is -2.51. The van der Waals surface area contributed by atoms with E-state index in [1.807, 2.05) is 36.9 Å². The summed E-state index contributed by atoms with van der Waals surface area (Å²) in [5, 5.41) is 3.00. The number of amides is 2. The van der Waals surface area contributed by atoms with Crippen molar-refractivity contribution in [2.75, 3.05) is 51.3 Å². The summed E-state index contributed by atoms with van der Waals surface area (Å²) in [5.74, 6) is 0.407. The van der Waals surface area contributed by atoms with E-state index >= 15 is 0 Å². The number of hydrogen-bond donors (Lipinski definition) is 1. The van der Waals surface area contributed by atoms with Crippen molar-refractivity contribution in [2.45, 2.75) is 34.1 Å². The summed E-state index contributed by atoms with van der Waals surface area (Å²) in [6.07, 6.45) is 0.959. The predicted octanol–water partition coefficient (Wildman–Crippen LogP) is 3.67. The molecule has 1 saturated heterocycles. The highest BCUT2D eigenvalue weighted by molar-refractivity contribution is 5.94. The van der Waals surface area contributed by atoms with E-state index in [4.69, 9.17) is 9.47 Å². The van der Waals surface area contributed by atoms with E-state index in [0.29, 0.717) is 50.0 Å². The molecule has 2 aromatic carbocycles. The average Bonchev–Trinajstić information content (AvgIpc) is 2.85. The Morgan fingerprint density at radius 1 is 0.944 bits per heavy atom. The molecule has 0 unspecified atom stereocenters. The largest absolute Gasteiger partial charge is 0.494 e. The Kier molecular flexibility index (Phi) is 9.87. The highest BCUT2D eigenvalue weighted by Crippen LogP contribution is 2.19. The topological polar surface area (TPSA) is 88.2 Å². The van der Waals surface area contributed by atoms with Gasteiger partial charge >= 0.3 is 5.97 Å². The lowest BCUT2D eigenvalue weighted by atomic mass is 10.1. The van der Waals surface area contributed by atoms with Crippen LogP contribution in [0.5, 0.6) is 5.75 Å². The lowest BCUT2D eigenvalue weighted by molar-refractivity contribution is -0.136. The van der Waals surface area contributed by atoms with Crippen molar-refractivity contribution in [1.82, 2.24) is 9.80 Å². The van der Waals surface area contributed by atoms with Gasteiger partial charge in [-0.15, -0.1) is 0 Å². The Hall–Kier alpha value is -3.39. The number of nitrogens with zero attached hydrogens (tertiary/aromatic N) is 2. The first-order valence-electron chi connectivity index (χ1n) is 12.5. The number of rotatable bonds is 10. The highest BCUT2D eigenvalue weighted by Gasteiger charge is 2.23. The van der Waals surface area contributed by atoms with Crippen LogP contribution in [0.4, 0.5) is 5.69 Å². The monoisotopic (exact) mass is 495 g/mol. The van der Waals surface area contributed by atoms with Crippen LogP contribution in [0.25, 0.3) is 0 Å². The molecule has 0 aromatic heterocycles. The number of carbonyl (C=O) groups is 3. The van der Waals surface area contributed by atoms with Crippen molar-refractivity contribution < 1.29 is 23.9 Å². The molecule has 1 heterocycles. The third kappa shape index (κ3) is 8.09. The number of anilines is 1. The molecule has 3 rings (SSSR count). The number of para-hydroxylation sites is 1. The summed E-state index contributed by atoms with van der Waals surface area (Å²) < 4.78 is 10.9. The zero-order chi connectivity index (χ0) is 26.1. The molecule has 0 radical (unpaired) electrons. The van der Waals surface area contributed by atoms with Gasteiger partial charge in [0.1, 0.15) is 5.75 Å². The first-order valence-corrected chi connectivity index (χ1v) is 12.5. The Balaban J connectivity index is 1.37. The number of esters is 1. The Labute approximate surface area is 213 Å². The van der Waals surface area contributed by atoms with Crippen LogP contribution in [0.1, 0.15) is 41.8 Å². The van der Waals surface area contributed by atoms with Gasteiger partial charge in [0, 0.05) is 31.9 Å². The van der Waals surface area contributed by atoms with Gasteiger partial charge in [-0.1, -0.05) is 32.0 Å². The molecule has 2 amide bonds. The van der Waals surface area contributed by atoms with Gasteiger partial charge in [0.25, 0.3) is 5.91 Å². The second-order valence-electron chi connectivity index (χ2n) is 9.60. The van der Waals surface area contributed by atoms with Crippen molar-refractivity contribution in [3.63, 3.8) is 0 Å². The zero-order valence-corrected chi connectivity index (χ0v) is 21.7. The van der Waals surface area contributed by atoms with Gasteiger partial charge in [0.05, 0.1) is 18.7 Å². The fraction of sp³-hybridized carbons (Fsp3) is 0.464. The van der Waals surface area contributed by atoms with Crippen LogP contribution in [0, 0.1) is 19.8 Å². The van der Waals surface area contributed by atoms with Gasteiger partial charge in [-0.05, 0) is 61.6 Å². The van der Waals surface area contributed by atoms with E-state index < -0.39 is 5.97 Å². The van der Waals surface area contributed by atoms with Crippen LogP contribution in [0.2, 0.25) is 0 Å². The first-order chi connectivity index (χ1) is 17.2. The van der Waals surface area contributed by atoms with Crippen molar-refractivity contribution in [3.05, 3.63) is 59.2 Å². The minimum atomic E-state index is -0.543. The third-order valence-electron chi connectivity index (χ3n) is 6.22. The highest BCUT2D eigenvalue weighted by atomic mass is 16.5. The second kappa shape index (κ2) is 13.1. The number of benzene rings is 2. The summed E-state index contributed by atoms with van der Waals surface area (Å²) in [5.41, 5.74) is 3.28. The second-order valence-corrected chi connectivity index (χ2v) is 9.60. The maximum atomic E-state index is 12.5. The van der Waals surface area contributed by atoms with E-state index in [1.54, 1.807) is 29.2 Å². The molecule has 1 aliphatic heterocycles. The number of aryl methyl sites for hydroxylation is 2. The van der Waals surface area contributed by atoms with Gasteiger partial charge in [-0.25, -0.2) is 4.79 Å². The molecule has 1 fully saturated rings. The third-order valence-corrected chi connectivity index (χ3v) is 6.22. The van der Waals surface area contributed by atoms with E-state index in [-0.39, 0.29) is 25.0 Å². The van der Waals surface area contributed by atoms with Gasteiger partial charge in [0.2, 0.25) is 5.91 Å². The quantitative estimate of drug-likeness (QED) is 0.506. The minimum Gasteiger partial charge on any atom is -0.494 e. The smallest absolute Gasteiger partial charge is 0.338 e. The maximum Gasteiger partial charge on any atom is 0.338 e. The normalized spacial score (nSPS) is 14.0. The maximum absolute atomic E-state index is 12.5. The molecule has 36 heavy (non-hydrogen) atoms. The van der Waals surface area contributed by atoms with Crippen LogP contribution in [-0.4, -0.2) is 73.5 Å². The van der Waals surface area contributed by atoms with Gasteiger partial charge in [0.15, 0.2) is 6.61 Å². The van der Waals surface area contributed by atoms with Crippen molar-refractivity contribution in [3.8, 4) is 5.75 Å². The molecular formula is C28H37N3O5. The number of carbonyl (C=O) groups excluding carboxylic acids is 3. The van der Waals surface area contributed by atoms with Crippen LogP contribution < -0.4 is 10.1 Å². The van der Waals surface area contributed by atoms with Gasteiger partial charge in [-0.2, -0.15) is 0 Å². The van der Waals surface area contributed by atoms with Crippen LogP contribution in [0.15, 0.2) is 42.5 Å². The molecule has 0 aliphatic carbocycles. The molecule has 194 valence electrons. The lowest BCUT2D eigenvalue weighted by Gasteiger charge is -2.34. The fourth-order valence-electron chi connectivity index (χ4n) is 3.95. The molecular weight excluding hydrogens is 458 g/mol. The molecule has 0 spiro atoms. The van der Waals surface area contributed by atoms with Crippen LogP contribution in [0.3, 0.4) is 0 Å². The summed E-state index contributed by atoms with van der Waals surface area (Å²) in [4.78, 5) is 41.1.